The van der Waals surface area contributed by atoms with Gasteiger partial charge in [0.15, 0.2) is 6.61 Å². The largest absolute Gasteiger partial charge is 0.454 e. The van der Waals surface area contributed by atoms with Gasteiger partial charge in [0.25, 0.3) is 5.69 Å². The first-order chi connectivity index (χ1) is 14.3. The number of carbonyl (C=O) groups excluding carboxylic acids is 2. The monoisotopic (exact) mass is 464 g/mol. The van der Waals surface area contributed by atoms with Gasteiger partial charge < -0.3 is 10.1 Å². The highest BCUT2D eigenvalue weighted by atomic mass is 35.5. The molecule has 2 aromatic carbocycles. The molecule has 0 aliphatic heterocycles. The number of non-ortho nitro benzene ring substituents is 1. The minimum absolute atomic E-state index is 0.0618. The lowest BCUT2D eigenvalue weighted by molar-refractivity contribution is -0.384. The summed E-state index contributed by atoms with van der Waals surface area (Å²) in [6, 6.07) is 14.0. The molecule has 0 bridgehead atoms. The minimum Gasteiger partial charge on any atom is -0.454 e. The Morgan fingerprint density at radius 2 is 1.87 bits per heavy atom. The van der Waals surface area contributed by atoms with Crippen LogP contribution in [0.2, 0.25) is 9.36 Å². The van der Waals surface area contributed by atoms with E-state index in [0.717, 1.165) is 23.0 Å². The van der Waals surface area contributed by atoms with Gasteiger partial charge in [-0.05, 0) is 29.8 Å². The summed E-state index contributed by atoms with van der Waals surface area (Å²) in [5, 5.41) is 14.7. The molecule has 0 aliphatic carbocycles. The van der Waals surface area contributed by atoms with Gasteiger partial charge >= 0.3 is 5.97 Å². The second kappa shape index (κ2) is 9.71. The number of thiophene rings is 1. The predicted octanol–water partition coefficient (Wildman–Crippen LogP) is 5.61. The van der Waals surface area contributed by atoms with Crippen LogP contribution in [0.1, 0.15) is 25.6 Å². The molecule has 0 aliphatic rings. The molecule has 3 rings (SSSR count). The molecule has 0 atom stereocenters. The highest BCUT2D eigenvalue weighted by Crippen LogP contribution is 2.26. The maximum absolute atomic E-state index is 12.6. The van der Waals surface area contributed by atoms with Crippen LogP contribution in [0.3, 0.4) is 0 Å². The molecule has 0 unspecified atom stereocenters. The minimum atomic E-state index is -0.864. The van der Waals surface area contributed by atoms with E-state index in [1.54, 1.807) is 18.2 Å². The van der Waals surface area contributed by atoms with Gasteiger partial charge in [-0.15, -0.1) is 11.3 Å². The topological polar surface area (TPSA) is 98.5 Å². The molecule has 3 aromatic rings. The summed E-state index contributed by atoms with van der Waals surface area (Å²) < 4.78 is 5.53. The Kier molecular flexibility index (Phi) is 7.04. The van der Waals surface area contributed by atoms with Gasteiger partial charge in [-0.1, -0.05) is 41.4 Å². The van der Waals surface area contributed by atoms with Crippen LogP contribution in [0, 0.1) is 10.1 Å². The Balaban J connectivity index is 1.77. The summed E-state index contributed by atoms with van der Waals surface area (Å²) in [7, 11) is 0. The lowest BCUT2D eigenvalue weighted by atomic mass is 10.1. The average Bonchev–Trinajstić information content (AvgIpc) is 3.17. The molecule has 0 fully saturated rings. The molecule has 0 spiro atoms. The Hall–Kier alpha value is -2.94. The molecule has 1 N–H and O–H groups in total. The predicted molar refractivity (Wildman–Crippen MR) is 116 cm³/mol. The van der Waals surface area contributed by atoms with Crippen molar-refractivity contribution in [3.63, 3.8) is 0 Å². The van der Waals surface area contributed by atoms with Crippen LogP contribution in [-0.4, -0.2) is 23.3 Å². The normalized spacial score (nSPS) is 10.5. The van der Waals surface area contributed by atoms with E-state index in [0.29, 0.717) is 19.9 Å². The fourth-order valence-corrected chi connectivity index (χ4v) is 3.72. The van der Waals surface area contributed by atoms with Crippen molar-refractivity contribution in [1.82, 2.24) is 0 Å². The summed E-state index contributed by atoms with van der Waals surface area (Å²) in [5.74, 6) is -1.28. The molecular weight excluding hydrogens is 451 g/mol. The molecule has 0 radical (unpaired) electrons. The smallest absolute Gasteiger partial charge is 0.340 e. The number of ketones is 1. The molecule has 7 nitrogen and oxygen atoms in total. The lowest BCUT2D eigenvalue weighted by Crippen LogP contribution is -2.15. The summed E-state index contributed by atoms with van der Waals surface area (Å²) in [5.41, 5.74) is 0.758. The van der Waals surface area contributed by atoms with E-state index in [9.17, 15) is 19.7 Å². The highest BCUT2D eigenvalue weighted by Gasteiger charge is 2.20. The first-order valence-electron chi connectivity index (χ1n) is 8.56. The second-order valence-corrected chi connectivity index (χ2v) is 8.16. The first-order valence-corrected chi connectivity index (χ1v) is 10.1. The third-order valence-corrected chi connectivity index (χ3v) is 5.68. The second-order valence-electron chi connectivity index (χ2n) is 6.04. The first kappa shape index (κ1) is 21.8. The maximum atomic E-state index is 12.6. The van der Waals surface area contributed by atoms with Gasteiger partial charge in [-0.25, -0.2) is 4.79 Å². The molecule has 0 amide bonds. The Morgan fingerprint density at radius 1 is 1.10 bits per heavy atom. The molecule has 1 heterocycles. The van der Waals surface area contributed by atoms with E-state index >= 15 is 0 Å². The van der Waals surface area contributed by atoms with Crippen molar-refractivity contribution in [3.8, 4) is 0 Å². The summed E-state index contributed by atoms with van der Waals surface area (Å²) in [4.78, 5) is 35.6. The van der Waals surface area contributed by atoms with Crippen LogP contribution in [0.4, 0.5) is 11.4 Å². The Labute approximate surface area is 185 Å². The van der Waals surface area contributed by atoms with E-state index in [1.807, 2.05) is 12.1 Å². The van der Waals surface area contributed by atoms with Crippen molar-refractivity contribution >= 4 is 57.7 Å². The molecule has 30 heavy (non-hydrogen) atoms. The summed E-state index contributed by atoms with van der Waals surface area (Å²) in [6.45, 7) is -0.229. The fourth-order valence-electron chi connectivity index (χ4n) is 2.55. The van der Waals surface area contributed by atoms with Crippen molar-refractivity contribution in [2.45, 2.75) is 6.54 Å². The molecule has 0 saturated heterocycles. The third-order valence-electron chi connectivity index (χ3n) is 4.04. The number of halogens is 2. The van der Waals surface area contributed by atoms with Gasteiger partial charge in [-0.2, -0.15) is 0 Å². The number of anilines is 1. The number of nitrogens with one attached hydrogen (secondary N) is 1. The zero-order valence-electron chi connectivity index (χ0n) is 15.3. The van der Waals surface area contributed by atoms with Crippen LogP contribution in [-0.2, 0) is 11.3 Å². The SMILES string of the molecule is O=C(COC(=O)c1cc([N+](=O)[O-])ccc1NCc1ccccc1Cl)c1ccc(Cl)s1. The van der Waals surface area contributed by atoms with Gasteiger partial charge in [0.1, 0.15) is 0 Å². The Morgan fingerprint density at radius 3 is 2.53 bits per heavy atom. The zero-order chi connectivity index (χ0) is 21.7. The summed E-state index contributed by atoms with van der Waals surface area (Å²) in [6.07, 6.45) is 0. The van der Waals surface area contributed by atoms with Gasteiger partial charge in [0.05, 0.1) is 19.7 Å². The van der Waals surface area contributed by atoms with Crippen molar-refractivity contribution in [1.29, 1.82) is 0 Å². The van der Waals surface area contributed by atoms with Gasteiger partial charge in [0, 0.05) is 29.4 Å². The number of nitro benzene ring substituents is 1. The number of ether oxygens (including phenoxy) is 1. The quantitative estimate of drug-likeness (QED) is 0.201. The Bertz CT molecular complexity index is 1120. The summed E-state index contributed by atoms with van der Waals surface area (Å²) >= 11 is 13.0. The van der Waals surface area contributed by atoms with E-state index in [2.05, 4.69) is 5.32 Å². The standard InChI is InChI=1S/C20H14Cl2N2O5S/c21-15-4-2-1-3-12(15)10-23-16-6-5-13(24(27)28)9-14(16)20(26)29-11-17(25)18-7-8-19(22)30-18/h1-9,23H,10-11H2. The van der Waals surface area contributed by atoms with Crippen LogP contribution < -0.4 is 5.32 Å². The fraction of sp³-hybridized carbons (Fsp3) is 0.100. The van der Waals surface area contributed by atoms with Crippen molar-refractivity contribution < 1.29 is 19.2 Å². The van der Waals surface area contributed by atoms with Crippen molar-refractivity contribution in [3.05, 3.63) is 90.1 Å². The maximum Gasteiger partial charge on any atom is 0.340 e. The number of rotatable bonds is 8. The van der Waals surface area contributed by atoms with Gasteiger partial charge in [0.2, 0.25) is 5.78 Å². The number of carbonyl (C=O) groups is 2. The average molecular weight is 465 g/mol. The molecule has 0 saturated carbocycles. The number of nitrogens with zero attached hydrogens (tertiary/aromatic N) is 1. The van der Waals surface area contributed by atoms with E-state index in [-0.39, 0.29) is 17.8 Å². The molecule has 1 aromatic heterocycles. The highest BCUT2D eigenvalue weighted by molar-refractivity contribution is 7.18. The molecule has 154 valence electrons. The number of Topliss-reactive ketones (excluding diaryl/α,β-unsaturated/α-hetero) is 1. The van der Waals surface area contributed by atoms with E-state index in [1.165, 1.54) is 18.2 Å². The lowest BCUT2D eigenvalue weighted by Gasteiger charge is -2.12. The number of esters is 1. The van der Waals surface area contributed by atoms with Crippen LogP contribution in [0.15, 0.2) is 54.6 Å². The number of hydrogen-bond donors (Lipinski definition) is 1. The third kappa shape index (κ3) is 5.35. The van der Waals surface area contributed by atoms with Gasteiger partial charge in [-0.3, -0.25) is 14.9 Å². The molecular formula is C20H14Cl2N2O5S. The van der Waals surface area contributed by atoms with Crippen LogP contribution in [0.5, 0.6) is 0 Å². The van der Waals surface area contributed by atoms with Crippen molar-refractivity contribution in [2.24, 2.45) is 0 Å². The van der Waals surface area contributed by atoms with E-state index in [4.69, 9.17) is 27.9 Å². The zero-order valence-corrected chi connectivity index (χ0v) is 17.6. The van der Waals surface area contributed by atoms with Crippen molar-refractivity contribution in [2.75, 3.05) is 11.9 Å². The van der Waals surface area contributed by atoms with Crippen LogP contribution >= 0.6 is 34.5 Å². The van der Waals surface area contributed by atoms with Crippen LogP contribution in [0.25, 0.3) is 0 Å². The number of hydrogen-bond acceptors (Lipinski definition) is 7. The number of nitro groups is 1. The van der Waals surface area contributed by atoms with E-state index < -0.39 is 23.3 Å². The number of benzene rings is 2. The molecule has 10 heteroatoms.